The van der Waals surface area contributed by atoms with Gasteiger partial charge < -0.3 is 9.84 Å². The summed E-state index contributed by atoms with van der Waals surface area (Å²) < 4.78 is 31.0. The summed E-state index contributed by atoms with van der Waals surface area (Å²) in [5.41, 5.74) is 0. The Balaban J connectivity index is 2.74. The van der Waals surface area contributed by atoms with Gasteiger partial charge in [-0.3, -0.25) is 4.79 Å². The van der Waals surface area contributed by atoms with Gasteiger partial charge in [-0.15, -0.1) is 0 Å². The third-order valence-electron chi connectivity index (χ3n) is 3.09. The number of sulfonamides is 1. The first-order valence-corrected chi connectivity index (χ1v) is 8.12. The second kappa shape index (κ2) is 7.71. The van der Waals surface area contributed by atoms with E-state index in [1.165, 1.54) is 31.4 Å². The molecule has 1 aromatic rings. The van der Waals surface area contributed by atoms with Crippen LogP contribution in [-0.2, 0) is 14.8 Å². The van der Waals surface area contributed by atoms with E-state index in [1.54, 1.807) is 13.8 Å². The van der Waals surface area contributed by atoms with Crippen molar-refractivity contribution in [2.24, 2.45) is 11.8 Å². The molecule has 0 aliphatic rings. The molecule has 1 unspecified atom stereocenters. The number of carboxylic acids is 1. The lowest BCUT2D eigenvalue weighted by Crippen LogP contribution is -2.20. The molecule has 120 valence electrons. The van der Waals surface area contributed by atoms with Crippen molar-refractivity contribution >= 4 is 16.0 Å². The standard InChI is InChI=1S/C15H19NO5S/c1-11(2)14(15(17)18)5-4-10-16-22(19,20)13-8-6-12(21-3)7-9-13/h6-9,11,14,16H,5H2,1-3H3,(H,17,18). The van der Waals surface area contributed by atoms with Gasteiger partial charge in [0.25, 0.3) is 10.0 Å². The highest BCUT2D eigenvalue weighted by molar-refractivity contribution is 7.89. The van der Waals surface area contributed by atoms with Gasteiger partial charge in [0, 0.05) is 12.5 Å². The van der Waals surface area contributed by atoms with Crippen LogP contribution in [0.15, 0.2) is 29.2 Å². The molecule has 6 nitrogen and oxygen atoms in total. The van der Waals surface area contributed by atoms with E-state index in [2.05, 4.69) is 16.7 Å². The molecule has 0 aliphatic carbocycles. The average Bonchev–Trinajstić information content (AvgIpc) is 2.46. The fourth-order valence-electron chi connectivity index (χ4n) is 1.69. The smallest absolute Gasteiger partial charge is 0.307 e. The van der Waals surface area contributed by atoms with E-state index in [0.29, 0.717) is 5.75 Å². The number of benzene rings is 1. The first-order valence-electron chi connectivity index (χ1n) is 6.64. The summed E-state index contributed by atoms with van der Waals surface area (Å²) in [7, 11) is -2.26. The van der Waals surface area contributed by atoms with Crippen molar-refractivity contribution in [1.82, 2.24) is 4.72 Å². The molecule has 0 amide bonds. The summed E-state index contributed by atoms with van der Waals surface area (Å²) in [5.74, 6) is 1.45. The Kier molecular flexibility index (Phi) is 6.25. The molecule has 1 atom stereocenters. The number of ether oxygens (including phenoxy) is 1. The minimum atomic E-state index is -3.75. The van der Waals surface area contributed by atoms with Gasteiger partial charge in [-0.05, 0) is 30.2 Å². The maximum Gasteiger partial charge on any atom is 0.307 e. The van der Waals surface area contributed by atoms with E-state index in [-0.39, 0.29) is 17.2 Å². The molecule has 0 heterocycles. The summed E-state index contributed by atoms with van der Waals surface area (Å²) in [6.07, 6.45) is 0.0815. The van der Waals surface area contributed by atoms with E-state index in [1.807, 2.05) is 0 Å². The van der Waals surface area contributed by atoms with Gasteiger partial charge in [0.2, 0.25) is 0 Å². The molecule has 1 rings (SSSR count). The minimum Gasteiger partial charge on any atom is -0.497 e. The minimum absolute atomic E-state index is 0.0567. The van der Waals surface area contributed by atoms with Crippen molar-refractivity contribution in [2.75, 3.05) is 7.11 Å². The average molecular weight is 325 g/mol. The predicted molar refractivity (Wildman–Crippen MR) is 81.7 cm³/mol. The van der Waals surface area contributed by atoms with Crippen LogP contribution < -0.4 is 9.46 Å². The highest BCUT2D eigenvalue weighted by Crippen LogP contribution is 2.16. The van der Waals surface area contributed by atoms with Crippen LogP contribution in [0, 0.1) is 23.8 Å². The second-order valence-corrected chi connectivity index (χ2v) is 6.66. The fraction of sp³-hybridized carbons (Fsp3) is 0.400. The van der Waals surface area contributed by atoms with Gasteiger partial charge in [0.15, 0.2) is 0 Å². The van der Waals surface area contributed by atoms with Gasteiger partial charge in [-0.1, -0.05) is 19.8 Å². The third-order valence-corrected chi connectivity index (χ3v) is 4.35. The molecule has 0 fully saturated rings. The Hall–Kier alpha value is -2.20. The molecule has 7 heteroatoms. The number of hydrogen-bond acceptors (Lipinski definition) is 4. The molecule has 0 bridgehead atoms. The largest absolute Gasteiger partial charge is 0.497 e. The van der Waals surface area contributed by atoms with E-state index in [9.17, 15) is 13.2 Å². The number of rotatable bonds is 6. The van der Waals surface area contributed by atoms with Gasteiger partial charge in [-0.25, -0.2) is 13.1 Å². The Morgan fingerprint density at radius 2 is 1.91 bits per heavy atom. The van der Waals surface area contributed by atoms with Crippen molar-refractivity contribution in [1.29, 1.82) is 0 Å². The molecule has 0 aromatic heterocycles. The number of nitrogens with one attached hydrogen (secondary N) is 1. The highest BCUT2D eigenvalue weighted by Gasteiger charge is 2.20. The zero-order valence-corrected chi connectivity index (χ0v) is 13.5. The summed E-state index contributed by atoms with van der Waals surface area (Å²) in [4.78, 5) is 11.1. The third kappa shape index (κ3) is 4.97. The summed E-state index contributed by atoms with van der Waals surface area (Å²) >= 11 is 0. The van der Waals surface area contributed by atoms with Crippen molar-refractivity contribution in [2.45, 2.75) is 25.2 Å². The maximum atomic E-state index is 12.0. The van der Waals surface area contributed by atoms with Gasteiger partial charge in [0.05, 0.1) is 17.9 Å². The molecule has 0 spiro atoms. The van der Waals surface area contributed by atoms with Crippen molar-refractivity contribution in [3.8, 4) is 17.7 Å². The quantitative estimate of drug-likeness (QED) is 0.613. The lowest BCUT2D eigenvalue weighted by Gasteiger charge is -2.12. The fourth-order valence-corrected chi connectivity index (χ4v) is 2.50. The van der Waals surface area contributed by atoms with Crippen LogP contribution in [0.4, 0.5) is 0 Å². The molecule has 22 heavy (non-hydrogen) atoms. The van der Waals surface area contributed by atoms with Crippen molar-refractivity contribution in [3.05, 3.63) is 24.3 Å². The van der Waals surface area contributed by atoms with Crippen LogP contribution in [0.3, 0.4) is 0 Å². The first kappa shape index (κ1) is 17.9. The predicted octanol–water partition coefficient (Wildman–Crippen LogP) is 1.68. The van der Waals surface area contributed by atoms with E-state index >= 15 is 0 Å². The Bertz CT molecular complexity index is 668. The van der Waals surface area contributed by atoms with E-state index < -0.39 is 21.9 Å². The van der Waals surface area contributed by atoms with E-state index in [0.717, 1.165) is 0 Å². The lowest BCUT2D eigenvalue weighted by atomic mass is 9.93. The van der Waals surface area contributed by atoms with Crippen LogP contribution in [0.2, 0.25) is 0 Å². The summed E-state index contributed by atoms with van der Waals surface area (Å²) in [6, 6.07) is 8.17. The van der Waals surface area contributed by atoms with Gasteiger partial charge in [-0.2, -0.15) is 0 Å². The number of aliphatic carboxylic acids is 1. The van der Waals surface area contributed by atoms with Crippen molar-refractivity contribution in [3.63, 3.8) is 0 Å². The molecule has 1 aromatic carbocycles. The summed E-state index contributed by atoms with van der Waals surface area (Å²) in [5, 5.41) is 9.01. The molecule has 2 N–H and O–H groups in total. The molecule has 0 radical (unpaired) electrons. The SMILES string of the molecule is COc1ccc(S(=O)(=O)NC#CCC(C(=O)O)C(C)C)cc1. The summed E-state index contributed by atoms with van der Waals surface area (Å²) in [6.45, 7) is 3.56. The first-order chi connectivity index (χ1) is 10.3. The van der Waals surface area contributed by atoms with Crippen molar-refractivity contribution < 1.29 is 23.1 Å². The van der Waals surface area contributed by atoms with Crippen LogP contribution in [0.5, 0.6) is 5.75 Å². The molecule has 0 saturated carbocycles. The maximum absolute atomic E-state index is 12.0. The molecular formula is C15H19NO5S. The number of carboxylic acid groups (broad SMARTS) is 1. The monoisotopic (exact) mass is 325 g/mol. The van der Waals surface area contributed by atoms with Gasteiger partial charge >= 0.3 is 5.97 Å². The highest BCUT2D eigenvalue weighted by atomic mass is 32.2. The normalized spacial score (nSPS) is 12.2. The van der Waals surface area contributed by atoms with Crippen LogP contribution in [0.25, 0.3) is 0 Å². The van der Waals surface area contributed by atoms with Crippen LogP contribution in [0.1, 0.15) is 20.3 Å². The topological polar surface area (TPSA) is 92.7 Å². The number of carbonyl (C=O) groups is 1. The van der Waals surface area contributed by atoms with E-state index in [4.69, 9.17) is 9.84 Å². The lowest BCUT2D eigenvalue weighted by molar-refractivity contribution is -0.143. The second-order valence-electron chi connectivity index (χ2n) is 4.98. The zero-order valence-electron chi connectivity index (χ0n) is 12.7. The Labute approximate surface area is 130 Å². The van der Waals surface area contributed by atoms with Crippen LogP contribution in [-0.4, -0.2) is 26.6 Å². The Morgan fingerprint density at radius 3 is 2.36 bits per heavy atom. The number of methoxy groups -OCH3 is 1. The zero-order chi connectivity index (χ0) is 16.8. The van der Waals surface area contributed by atoms with Gasteiger partial charge in [0.1, 0.15) is 5.75 Å². The number of hydrogen-bond donors (Lipinski definition) is 2. The molecule has 0 aliphatic heterocycles. The molecular weight excluding hydrogens is 306 g/mol. The Morgan fingerprint density at radius 1 is 1.32 bits per heavy atom. The van der Waals surface area contributed by atoms with Crippen LogP contribution >= 0.6 is 0 Å². The molecule has 0 saturated heterocycles.